The summed E-state index contributed by atoms with van der Waals surface area (Å²) >= 11 is 8.14. The molecule has 7 nitrogen and oxygen atoms in total. The number of Topliss-reactive ketones (excluding diaryl/α,β-unsaturated/α-hetero) is 1. The average Bonchev–Trinajstić information content (AvgIpc) is 3.24. The second-order valence-electron chi connectivity index (χ2n) is 11.1. The second-order valence-corrected chi connectivity index (χ2v) is 12.6. The summed E-state index contributed by atoms with van der Waals surface area (Å²) in [5.74, 6) is -1.61. The van der Waals surface area contributed by atoms with Gasteiger partial charge in [0.05, 0.1) is 51.5 Å². The van der Waals surface area contributed by atoms with Gasteiger partial charge in [-0.05, 0) is 45.1 Å². The summed E-state index contributed by atoms with van der Waals surface area (Å²) in [6.45, 7) is 11.0. The van der Waals surface area contributed by atoms with Crippen LogP contribution < -0.4 is 0 Å². The summed E-state index contributed by atoms with van der Waals surface area (Å²) < 4.78 is 11.8. The molecule has 202 valence electrons. The third-order valence-electron chi connectivity index (χ3n) is 7.90. The number of halogens is 1. The molecule has 2 N–H and O–H groups in total. The van der Waals surface area contributed by atoms with Gasteiger partial charge in [0, 0.05) is 17.7 Å². The molecule has 3 heterocycles. The monoisotopic (exact) mass is 541 g/mol. The van der Waals surface area contributed by atoms with E-state index in [0.717, 1.165) is 24.3 Å². The predicted octanol–water partition coefficient (Wildman–Crippen LogP) is 5.04. The third-order valence-corrected chi connectivity index (χ3v) is 9.04. The van der Waals surface area contributed by atoms with Crippen LogP contribution in [0.4, 0.5) is 0 Å². The van der Waals surface area contributed by atoms with Crippen LogP contribution in [0, 0.1) is 24.2 Å². The van der Waals surface area contributed by atoms with Crippen molar-refractivity contribution in [2.24, 2.45) is 17.3 Å². The highest BCUT2D eigenvalue weighted by molar-refractivity contribution is 7.09. The first-order valence-electron chi connectivity index (χ1n) is 12.9. The molecule has 1 aromatic rings. The predicted molar refractivity (Wildman–Crippen MR) is 141 cm³/mol. The zero-order valence-electron chi connectivity index (χ0n) is 22.1. The van der Waals surface area contributed by atoms with Crippen molar-refractivity contribution < 1.29 is 29.3 Å². The lowest BCUT2D eigenvalue weighted by Gasteiger charge is -2.35. The summed E-state index contributed by atoms with van der Waals surface area (Å²) in [7, 11) is 0. The van der Waals surface area contributed by atoms with Crippen molar-refractivity contribution in [1.29, 1.82) is 0 Å². The van der Waals surface area contributed by atoms with Crippen LogP contribution in [0.1, 0.15) is 83.8 Å². The number of ketones is 1. The van der Waals surface area contributed by atoms with Crippen molar-refractivity contribution in [3.05, 3.63) is 21.1 Å². The molecule has 7 atom stereocenters. The van der Waals surface area contributed by atoms with Gasteiger partial charge in [0.1, 0.15) is 11.9 Å². The highest BCUT2D eigenvalue weighted by Crippen LogP contribution is 2.45. The number of rotatable bonds is 3. The number of hydrogen-bond acceptors (Lipinski definition) is 8. The average molecular weight is 542 g/mol. The van der Waals surface area contributed by atoms with Gasteiger partial charge < -0.3 is 19.7 Å². The van der Waals surface area contributed by atoms with E-state index in [-0.39, 0.29) is 29.8 Å². The molecule has 0 radical (unpaired) electrons. The fourth-order valence-electron chi connectivity index (χ4n) is 5.09. The molecule has 0 saturated carbocycles. The molecule has 0 spiro atoms. The Kier molecular flexibility index (Phi) is 9.42. The SMILES string of the molecule is CCC1C(=O)C(C)(C)C(O)CC(=O)OC(/C(Cl)=C/c2csc(C)n2)CC2OC2(C)CCCC(C)C1O. The fraction of sp³-hybridized carbons (Fsp3) is 0.741. The Bertz CT molecular complexity index is 977. The van der Waals surface area contributed by atoms with E-state index in [1.54, 1.807) is 19.9 Å². The van der Waals surface area contributed by atoms with Gasteiger partial charge in [0.2, 0.25) is 0 Å². The van der Waals surface area contributed by atoms with E-state index in [0.29, 0.717) is 23.6 Å². The number of ether oxygens (including phenoxy) is 2. The Balaban J connectivity index is 1.87. The Morgan fingerprint density at radius 2 is 2.00 bits per heavy atom. The highest BCUT2D eigenvalue weighted by atomic mass is 35.5. The van der Waals surface area contributed by atoms with Crippen LogP contribution >= 0.6 is 22.9 Å². The van der Waals surface area contributed by atoms with Gasteiger partial charge in [0.15, 0.2) is 0 Å². The van der Waals surface area contributed by atoms with Crippen LogP contribution in [0.25, 0.3) is 6.08 Å². The Morgan fingerprint density at radius 1 is 1.31 bits per heavy atom. The normalized spacial score (nSPS) is 36.8. The summed E-state index contributed by atoms with van der Waals surface area (Å²) in [5.41, 5.74) is -0.902. The van der Waals surface area contributed by atoms with Crippen LogP contribution in [0.5, 0.6) is 0 Å². The number of thiazole rings is 1. The van der Waals surface area contributed by atoms with Gasteiger partial charge in [-0.2, -0.15) is 0 Å². The van der Waals surface area contributed by atoms with Crippen molar-refractivity contribution in [1.82, 2.24) is 4.98 Å². The smallest absolute Gasteiger partial charge is 0.309 e. The minimum Gasteiger partial charge on any atom is -0.456 e. The number of aliphatic hydroxyl groups is 2. The lowest BCUT2D eigenvalue weighted by molar-refractivity contribution is -0.154. The van der Waals surface area contributed by atoms with Gasteiger partial charge in [0.25, 0.3) is 0 Å². The van der Waals surface area contributed by atoms with Crippen LogP contribution in [-0.2, 0) is 19.1 Å². The number of esters is 1. The first-order chi connectivity index (χ1) is 16.8. The molecular weight excluding hydrogens is 502 g/mol. The number of aromatic nitrogens is 1. The molecule has 36 heavy (non-hydrogen) atoms. The van der Waals surface area contributed by atoms with Gasteiger partial charge in [-0.1, -0.05) is 45.7 Å². The van der Waals surface area contributed by atoms with E-state index in [1.165, 1.54) is 11.3 Å². The second kappa shape index (κ2) is 11.6. The molecule has 3 rings (SSSR count). The first kappa shape index (κ1) is 29.2. The van der Waals surface area contributed by atoms with Crippen LogP contribution in [0.3, 0.4) is 0 Å². The lowest BCUT2D eigenvalue weighted by atomic mass is 9.71. The number of aliphatic hydroxyl groups excluding tert-OH is 2. The first-order valence-corrected chi connectivity index (χ1v) is 14.1. The molecule has 9 heteroatoms. The molecule has 1 aromatic heterocycles. The summed E-state index contributed by atoms with van der Waals surface area (Å²) in [4.78, 5) is 30.8. The zero-order chi connectivity index (χ0) is 26.8. The number of cyclic esters (lactones) is 1. The maximum Gasteiger partial charge on any atom is 0.309 e. The third kappa shape index (κ3) is 6.76. The Hall–Kier alpha value is -1.32. The number of nitrogens with zero attached hydrogens (tertiary/aromatic N) is 1. The molecule has 2 aliphatic rings. The van der Waals surface area contributed by atoms with Crippen molar-refractivity contribution in [3.8, 4) is 0 Å². The van der Waals surface area contributed by atoms with Crippen molar-refractivity contribution in [2.75, 3.05) is 0 Å². The molecular formula is C27H40ClNO6S. The molecule has 2 saturated heterocycles. The summed E-state index contributed by atoms with van der Waals surface area (Å²) in [5, 5.41) is 25.0. The number of epoxide rings is 1. The van der Waals surface area contributed by atoms with Crippen LogP contribution in [0.15, 0.2) is 10.4 Å². The van der Waals surface area contributed by atoms with E-state index < -0.39 is 35.6 Å². The number of aryl methyl sites for hydroxylation is 1. The minimum absolute atomic E-state index is 0.0859. The fourth-order valence-corrected chi connectivity index (χ4v) is 5.90. The number of carbonyl (C=O) groups excluding carboxylic acids is 2. The zero-order valence-corrected chi connectivity index (χ0v) is 23.7. The van der Waals surface area contributed by atoms with E-state index in [4.69, 9.17) is 21.1 Å². The topological polar surface area (TPSA) is 109 Å². The molecule has 0 aliphatic carbocycles. The van der Waals surface area contributed by atoms with Crippen molar-refractivity contribution >= 4 is 40.8 Å². The molecule has 7 unspecified atom stereocenters. The minimum atomic E-state index is -1.27. The van der Waals surface area contributed by atoms with Gasteiger partial charge in [-0.15, -0.1) is 11.3 Å². The number of hydrogen-bond donors (Lipinski definition) is 2. The molecule has 0 bridgehead atoms. The summed E-state index contributed by atoms with van der Waals surface area (Å²) in [6.07, 6.45) is 1.56. The van der Waals surface area contributed by atoms with E-state index >= 15 is 0 Å². The van der Waals surface area contributed by atoms with Gasteiger partial charge >= 0.3 is 5.97 Å². The molecule has 0 amide bonds. The lowest BCUT2D eigenvalue weighted by Crippen LogP contribution is -2.46. The quantitative estimate of drug-likeness (QED) is 0.407. The van der Waals surface area contributed by atoms with Crippen molar-refractivity contribution in [2.45, 2.75) is 110 Å². The maximum atomic E-state index is 13.4. The van der Waals surface area contributed by atoms with Crippen LogP contribution in [0.2, 0.25) is 0 Å². The Morgan fingerprint density at radius 3 is 2.61 bits per heavy atom. The molecule has 2 aliphatic heterocycles. The Labute approximate surface area is 223 Å². The van der Waals surface area contributed by atoms with Crippen LogP contribution in [-0.4, -0.2) is 57.0 Å². The standard InChI is InChI=1S/C27H40ClNO6S/c1-7-18-24(32)15(2)9-8-10-27(6)22(35-27)12-20(19(28)11-17-14-36-16(3)29-17)34-23(31)13-21(30)26(4,5)25(18)33/h11,14-15,18,20-22,24,30,32H,7-10,12-13H2,1-6H3/b19-11-. The highest BCUT2D eigenvalue weighted by Gasteiger charge is 2.53. The van der Waals surface area contributed by atoms with E-state index in [2.05, 4.69) is 4.98 Å². The van der Waals surface area contributed by atoms with Gasteiger partial charge in [-0.25, -0.2) is 4.98 Å². The molecule has 2 fully saturated rings. The number of carbonyl (C=O) groups is 2. The van der Waals surface area contributed by atoms with E-state index in [1.807, 2.05) is 33.1 Å². The van der Waals surface area contributed by atoms with Gasteiger partial charge in [-0.3, -0.25) is 9.59 Å². The van der Waals surface area contributed by atoms with Crippen molar-refractivity contribution in [3.63, 3.8) is 0 Å². The summed E-state index contributed by atoms with van der Waals surface area (Å²) in [6, 6.07) is 0. The largest absolute Gasteiger partial charge is 0.456 e. The van der Waals surface area contributed by atoms with E-state index in [9.17, 15) is 19.8 Å². The molecule has 0 aromatic carbocycles. The number of fused-ring (bicyclic) bond motifs is 1. The maximum absolute atomic E-state index is 13.4.